The Kier molecular flexibility index (Phi) is 9.11. The van der Waals surface area contributed by atoms with Crippen molar-refractivity contribution < 1.29 is 19.1 Å². The van der Waals surface area contributed by atoms with Crippen molar-refractivity contribution in [1.29, 1.82) is 0 Å². The van der Waals surface area contributed by atoms with Crippen molar-refractivity contribution in [2.75, 3.05) is 0 Å². The number of hydrogen-bond acceptors (Lipinski definition) is 3. The van der Waals surface area contributed by atoms with Crippen LogP contribution in [0.5, 0.6) is 0 Å². The van der Waals surface area contributed by atoms with Crippen molar-refractivity contribution in [2.24, 2.45) is 11.8 Å². The van der Waals surface area contributed by atoms with Crippen molar-refractivity contribution in [3.05, 3.63) is 107 Å². The Bertz CT molecular complexity index is 1010. The molecule has 178 valence electrons. The minimum Gasteiger partial charge on any atom is -0.481 e. The first-order valence-electron chi connectivity index (χ1n) is 11.7. The summed E-state index contributed by atoms with van der Waals surface area (Å²) >= 11 is 0. The van der Waals surface area contributed by atoms with Crippen LogP contribution in [0.3, 0.4) is 0 Å². The second-order valence-corrected chi connectivity index (χ2v) is 9.10. The molecule has 0 aliphatic heterocycles. The van der Waals surface area contributed by atoms with Crippen LogP contribution < -0.4 is 0 Å². The molecule has 0 aliphatic rings. The molecule has 3 aromatic carbocycles. The fraction of sp³-hybridized carbons (Fsp3) is 0.310. The highest BCUT2D eigenvalue weighted by Crippen LogP contribution is 2.23. The van der Waals surface area contributed by atoms with Gasteiger partial charge in [0.05, 0.1) is 12.0 Å². The first kappa shape index (κ1) is 25.3. The van der Waals surface area contributed by atoms with Crippen LogP contribution in [0.2, 0.25) is 0 Å². The topological polar surface area (TPSA) is 57.6 Å². The lowest BCUT2D eigenvalue weighted by molar-refractivity contribution is -0.144. The van der Waals surface area contributed by atoms with Crippen LogP contribution >= 0.6 is 0 Å². The number of aliphatic carboxylic acids is 1. The number of carbonyl (C=O) groups excluding carboxylic acids is 1. The number of halogens is 1. The van der Waals surface area contributed by atoms with Gasteiger partial charge in [0.1, 0.15) is 5.82 Å². The highest BCUT2D eigenvalue weighted by Gasteiger charge is 2.32. The molecule has 0 spiro atoms. The maximum atomic E-state index is 13.6. The molecule has 0 aliphatic carbocycles. The predicted molar refractivity (Wildman–Crippen MR) is 132 cm³/mol. The van der Waals surface area contributed by atoms with E-state index in [0.717, 1.165) is 11.1 Å². The SMILES string of the molecule is CC(C)[C@@H](C(=O)C[C@H](Cc1ccc(F)cc1)C(=O)O)N(Cc1ccccc1)Cc1ccccc1. The van der Waals surface area contributed by atoms with E-state index < -0.39 is 17.9 Å². The molecule has 0 fully saturated rings. The highest BCUT2D eigenvalue weighted by molar-refractivity contribution is 5.88. The molecule has 0 heterocycles. The van der Waals surface area contributed by atoms with Gasteiger partial charge in [0.15, 0.2) is 5.78 Å². The zero-order chi connectivity index (χ0) is 24.5. The quantitative estimate of drug-likeness (QED) is 0.373. The van der Waals surface area contributed by atoms with Gasteiger partial charge in [-0.15, -0.1) is 0 Å². The van der Waals surface area contributed by atoms with E-state index in [9.17, 15) is 19.1 Å². The van der Waals surface area contributed by atoms with Crippen molar-refractivity contribution in [2.45, 2.75) is 45.8 Å². The summed E-state index contributed by atoms with van der Waals surface area (Å²) in [6, 6.07) is 25.3. The molecular formula is C29H32FNO3. The number of benzene rings is 3. The van der Waals surface area contributed by atoms with Gasteiger partial charge in [0.25, 0.3) is 0 Å². The zero-order valence-corrected chi connectivity index (χ0v) is 19.7. The van der Waals surface area contributed by atoms with Crippen LogP contribution in [0.25, 0.3) is 0 Å². The van der Waals surface area contributed by atoms with E-state index in [1.54, 1.807) is 12.1 Å². The van der Waals surface area contributed by atoms with Crippen molar-refractivity contribution >= 4 is 11.8 Å². The van der Waals surface area contributed by atoms with Gasteiger partial charge in [0, 0.05) is 19.5 Å². The van der Waals surface area contributed by atoms with Gasteiger partial charge in [0.2, 0.25) is 0 Å². The number of carboxylic acids is 1. The van der Waals surface area contributed by atoms with E-state index in [-0.39, 0.29) is 30.4 Å². The lowest BCUT2D eigenvalue weighted by atomic mass is 9.88. The molecule has 4 nitrogen and oxygen atoms in total. The monoisotopic (exact) mass is 461 g/mol. The molecule has 0 unspecified atom stereocenters. The first-order valence-corrected chi connectivity index (χ1v) is 11.7. The third kappa shape index (κ3) is 7.35. The molecule has 3 rings (SSSR count). The van der Waals surface area contributed by atoms with Crippen molar-refractivity contribution in [1.82, 2.24) is 4.90 Å². The fourth-order valence-corrected chi connectivity index (χ4v) is 4.40. The Morgan fingerprint density at radius 1 is 0.794 bits per heavy atom. The second kappa shape index (κ2) is 12.2. The largest absolute Gasteiger partial charge is 0.481 e. The molecule has 0 saturated carbocycles. The number of rotatable bonds is 12. The average molecular weight is 462 g/mol. The fourth-order valence-electron chi connectivity index (χ4n) is 4.40. The molecule has 3 aromatic rings. The maximum Gasteiger partial charge on any atom is 0.307 e. The summed E-state index contributed by atoms with van der Waals surface area (Å²) in [6.45, 7) is 5.17. The van der Waals surface area contributed by atoms with Gasteiger partial charge in [-0.2, -0.15) is 0 Å². The number of nitrogens with zero attached hydrogens (tertiary/aromatic N) is 1. The Labute approximate surface area is 201 Å². The Morgan fingerprint density at radius 2 is 1.29 bits per heavy atom. The van der Waals surface area contributed by atoms with Gasteiger partial charge in [-0.25, -0.2) is 4.39 Å². The summed E-state index contributed by atoms with van der Waals surface area (Å²) in [4.78, 5) is 27.8. The molecule has 0 radical (unpaired) electrons. The summed E-state index contributed by atoms with van der Waals surface area (Å²) < 4.78 is 13.3. The lowest BCUT2D eigenvalue weighted by Crippen LogP contribution is -2.45. The van der Waals surface area contributed by atoms with E-state index in [1.165, 1.54) is 12.1 Å². The Balaban J connectivity index is 1.83. The zero-order valence-electron chi connectivity index (χ0n) is 19.7. The third-order valence-corrected chi connectivity index (χ3v) is 6.00. The van der Waals surface area contributed by atoms with E-state index in [4.69, 9.17) is 0 Å². The van der Waals surface area contributed by atoms with E-state index >= 15 is 0 Å². The van der Waals surface area contributed by atoms with E-state index in [1.807, 2.05) is 74.5 Å². The van der Waals surface area contributed by atoms with Crippen LogP contribution in [-0.4, -0.2) is 27.8 Å². The number of carboxylic acid groups (broad SMARTS) is 1. The molecular weight excluding hydrogens is 429 g/mol. The summed E-state index contributed by atoms with van der Waals surface area (Å²) in [5.74, 6) is -2.34. The number of carbonyl (C=O) groups is 2. The van der Waals surface area contributed by atoms with Gasteiger partial charge in [-0.05, 0) is 41.2 Å². The molecule has 5 heteroatoms. The average Bonchev–Trinajstić information content (AvgIpc) is 2.81. The minimum absolute atomic E-state index is 0.000176. The summed E-state index contributed by atoms with van der Waals surface area (Å²) in [5.41, 5.74) is 2.89. The maximum absolute atomic E-state index is 13.6. The summed E-state index contributed by atoms with van der Waals surface area (Å²) in [7, 11) is 0. The predicted octanol–water partition coefficient (Wildman–Crippen LogP) is 5.76. The van der Waals surface area contributed by atoms with Gasteiger partial charge in [-0.3, -0.25) is 14.5 Å². The molecule has 0 amide bonds. The smallest absolute Gasteiger partial charge is 0.307 e. The Hall–Kier alpha value is -3.31. The molecule has 1 N–H and O–H groups in total. The van der Waals surface area contributed by atoms with Crippen molar-refractivity contribution in [3.8, 4) is 0 Å². The second-order valence-electron chi connectivity index (χ2n) is 9.10. The minimum atomic E-state index is -1.02. The third-order valence-electron chi connectivity index (χ3n) is 6.00. The van der Waals surface area contributed by atoms with Crippen LogP contribution in [0.4, 0.5) is 4.39 Å². The highest BCUT2D eigenvalue weighted by atomic mass is 19.1. The molecule has 0 bridgehead atoms. The van der Waals surface area contributed by atoms with Gasteiger partial charge >= 0.3 is 5.97 Å². The normalized spacial score (nSPS) is 13.1. The number of Topliss-reactive ketones (excluding diaryl/α,β-unsaturated/α-hetero) is 1. The van der Waals surface area contributed by atoms with Gasteiger partial charge < -0.3 is 5.11 Å². The van der Waals surface area contributed by atoms with Crippen LogP contribution in [0.1, 0.15) is 37.0 Å². The molecule has 0 aromatic heterocycles. The van der Waals surface area contributed by atoms with E-state index in [0.29, 0.717) is 18.7 Å². The standard InChI is InChI=1S/C29H32FNO3/c1-21(2)28(27(32)18-25(29(33)34)17-22-13-15-26(30)16-14-22)31(19-23-9-5-3-6-10-23)20-24-11-7-4-8-12-24/h3-16,21,25,28H,17-20H2,1-2H3,(H,33,34)/t25-,28-/m0/s1. The van der Waals surface area contributed by atoms with Crippen LogP contribution in [0.15, 0.2) is 84.9 Å². The van der Waals surface area contributed by atoms with Gasteiger partial charge in [-0.1, -0.05) is 86.6 Å². The Morgan fingerprint density at radius 3 is 1.74 bits per heavy atom. The molecule has 34 heavy (non-hydrogen) atoms. The van der Waals surface area contributed by atoms with E-state index in [2.05, 4.69) is 4.90 Å². The summed E-state index contributed by atoms with van der Waals surface area (Å²) in [6.07, 6.45) is 0.110. The van der Waals surface area contributed by atoms with Crippen molar-refractivity contribution in [3.63, 3.8) is 0 Å². The first-order chi connectivity index (χ1) is 16.3. The molecule has 0 saturated heterocycles. The number of hydrogen-bond donors (Lipinski definition) is 1. The van der Waals surface area contributed by atoms with Crippen LogP contribution in [-0.2, 0) is 29.1 Å². The lowest BCUT2D eigenvalue weighted by Gasteiger charge is -2.34. The number of ketones is 1. The summed E-state index contributed by atoms with van der Waals surface area (Å²) in [5, 5.41) is 9.83. The van der Waals surface area contributed by atoms with Crippen LogP contribution in [0, 0.1) is 17.7 Å². The molecule has 2 atom stereocenters.